The first kappa shape index (κ1) is 7.17. The maximum absolute atomic E-state index is 9.98. The first-order valence-corrected chi connectivity index (χ1v) is 2.12. The molecule has 0 heterocycles. The van der Waals surface area contributed by atoms with Crippen LogP contribution >= 0.6 is 0 Å². The summed E-state index contributed by atoms with van der Waals surface area (Å²) in [5, 5.41) is 8.19. The second-order valence-corrected chi connectivity index (χ2v) is 1.29. The SMILES string of the molecule is C=CC([CH]N)C(=O)O. The molecule has 1 unspecified atom stereocenters. The van der Waals surface area contributed by atoms with Gasteiger partial charge in [-0.2, -0.15) is 0 Å². The van der Waals surface area contributed by atoms with Crippen LogP contribution in [-0.2, 0) is 4.79 Å². The van der Waals surface area contributed by atoms with Crippen LogP contribution in [-0.4, -0.2) is 11.1 Å². The highest BCUT2D eigenvalue weighted by atomic mass is 16.4. The van der Waals surface area contributed by atoms with Gasteiger partial charge in [0.2, 0.25) is 0 Å². The Kier molecular flexibility index (Phi) is 2.88. The molecule has 1 atom stereocenters. The highest BCUT2D eigenvalue weighted by molar-refractivity contribution is 5.73. The van der Waals surface area contributed by atoms with Crippen LogP contribution in [0.5, 0.6) is 0 Å². The van der Waals surface area contributed by atoms with Crippen molar-refractivity contribution in [1.82, 2.24) is 0 Å². The molecule has 3 N–H and O–H groups in total. The van der Waals surface area contributed by atoms with E-state index in [1.807, 2.05) is 0 Å². The summed E-state index contributed by atoms with van der Waals surface area (Å²) >= 11 is 0. The van der Waals surface area contributed by atoms with Gasteiger partial charge in [-0.1, -0.05) is 6.08 Å². The summed E-state index contributed by atoms with van der Waals surface area (Å²) in [4.78, 5) is 9.98. The van der Waals surface area contributed by atoms with Gasteiger partial charge in [-0.3, -0.25) is 4.79 Å². The third kappa shape index (κ3) is 1.75. The average molecular weight is 114 g/mol. The second kappa shape index (κ2) is 3.21. The molecule has 3 heteroatoms. The van der Waals surface area contributed by atoms with E-state index in [9.17, 15) is 4.79 Å². The number of rotatable bonds is 3. The summed E-state index contributed by atoms with van der Waals surface area (Å²) in [6, 6.07) is 0. The fraction of sp³-hybridized carbons (Fsp3) is 0.200. The van der Waals surface area contributed by atoms with Crippen LogP contribution < -0.4 is 5.73 Å². The van der Waals surface area contributed by atoms with Crippen LogP contribution in [0.3, 0.4) is 0 Å². The predicted molar refractivity (Wildman–Crippen MR) is 29.8 cm³/mol. The Balaban J connectivity index is 3.69. The molecule has 0 fully saturated rings. The number of hydrogen-bond acceptors (Lipinski definition) is 2. The Morgan fingerprint density at radius 3 is 2.38 bits per heavy atom. The van der Waals surface area contributed by atoms with Crippen LogP contribution in [0, 0.1) is 12.5 Å². The molecule has 0 amide bonds. The highest BCUT2D eigenvalue weighted by Gasteiger charge is 2.08. The Bertz CT molecular complexity index is 101. The first-order valence-electron chi connectivity index (χ1n) is 2.12. The molecule has 0 aromatic heterocycles. The molecular weight excluding hydrogens is 106 g/mol. The lowest BCUT2D eigenvalue weighted by atomic mass is 10.1. The lowest BCUT2D eigenvalue weighted by Crippen LogP contribution is -2.15. The molecule has 8 heavy (non-hydrogen) atoms. The fourth-order valence-electron chi connectivity index (χ4n) is 0.262. The van der Waals surface area contributed by atoms with Crippen LogP contribution in [0.4, 0.5) is 0 Å². The maximum Gasteiger partial charge on any atom is 0.311 e. The summed E-state index contributed by atoms with van der Waals surface area (Å²) < 4.78 is 0. The lowest BCUT2D eigenvalue weighted by molar-refractivity contribution is -0.139. The molecule has 0 spiro atoms. The molecule has 0 bridgehead atoms. The maximum atomic E-state index is 9.98. The van der Waals surface area contributed by atoms with E-state index < -0.39 is 11.9 Å². The lowest BCUT2D eigenvalue weighted by Gasteiger charge is -1.98. The Morgan fingerprint density at radius 1 is 1.88 bits per heavy atom. The van der Waals surface area contributed by atoms with Gasteiger partial charge in [0, 0.05) is 6.54 Å². The third-order valence-electron chi connectivity index (χ3n) is 0.746. The summed E-state index contributed by atoms with van der Waals surface area (Å²) in [5.74, 6) is -1.68. The molecular formula is C5H8NO2. The van der Waals surface area contributed by atoms with Gasteiger partial charge in [0.25, 0.3) is 0 Å². The van der Waals surface area contributed by atoms with Crippen molar-refractivity contribution in [3.05, 3.63) is 19.2 Å². The zero-order valence-electron chi connectivity index (χ0n) is 4.37. The normalized spacial score (nSPS) is 12.6. The number of nitrogens with two attached hydrogens (primary N) is 1. The van der Waals surface area contributed by atoms with Gasteiger partial charge in [0.1, 0.15) is 0 Å². The Labute approximate surface area is 47.8 Å². The molecule has 0 aliphatic heterocycles. The number of carboxylic acid groups (broad SMARTS) is 1. The van der Waals surface area contributed by atoms with Gasteiger partial charge in [0.05, 0.1) is 5.92 Å². The average Bonchev–Trinajstić information content (AvgIpc) is 1.69. The topological polar surface area (TPSA) is 63.3 Å². The zero-order chi connectivity index (χ0) is 6.57. The van der Waals surface area contributed by atoms with Crippen molar-refractivity contribution in [2.45, 2.75) is 0 Å². The van der Waals surface area contributed by atoms with Crippen molar-refractivity contribution in [3.8, 4) is 0 Å². The van der Waals surface area contributed by atoms with Gasteiger partial charge < -0.3 is 10.8 Å². The summed E-state index contributed by atoms with van der Waals surface area (Å²) in [5.41, 5.74) is 4.91. The van der Waals surface area contributed by atoms with Gasteiger partial charge in [-0.15, -0.1) is 6.58 Å². The smallest absolute Gasteiger partial charge is 0.311 e. The summed E-state index contributed by atoms with van der Waals surface area (Å²) in [6.07, 6.45) is 1.27. The monoisotopic (exact) mass is 114 g/mol. The van der Waals surface area contributed by atoms with Crippen molar-refractivity contribution in [3.63, 3.8) is 0 Å². The standard InChI is InChI=1S/C5H8NO2/c1-2-4(3-6)5(7)8/h2-4H,1,6H2,(H,7,8). The second-order valence-electron chi connectivity index (χ2n) is 1.29. The number of carbonyl (C=O) groups is 1. The van der Waals surface area contributed by atoms with Crippen LogP contribution in [0.1, 0.15) is 0 Å². The van der Waals surface area contributed by atoms with Crippen molar-refractivity contribution in [2.24, 2.45) is 11.7 Å². The van der Waals surface area contributed by atoms with Crippen molar-refractivity contribution >= 4 is 5.97 Å². The van der Waals surface area contributed by atoms with E-state index in [2.05, 4.69) is 6.58 Å². The van der Waals surface area contributed by atoms with Gasteiger partial charge in [-0.05, 0) is 0 Å². The van der Waals surface area contributed by atoms with Crippen molar-refractivity contribution < 1.29 is 9.90 Å². The molecule has 0 rings (SSSR count). The fourth-order valence-corrected chi connectivity index (χ4v) is 0.262. The molecule has 0 saturated carbocycles. The zero-order valence-corrected chi connectivity index (χ0v) is 4.37. The molecule has 0 aliphatic rings. The molecule has 45 valence electrons. The minimum Gasteiger partial charge on any atom is -0.481 e. The molecule has 0 aliphatic carbocycles. The largest absolute Gasteiger partial charge is 0.481 e. The van der Waals surface area contributed by atoms with Gasteiger partial charge in [0.15, 0.2) is 0 Å². The van der Waals surface area contributed by atoms with E-state index in [-0.39, 0.29) is 0 Å². The van der Waals surface area contributed by atoms with Crippen LogP contribution in [0.15, 0.2) is 12.7 Å². The third-order valence-corrected chi connectivity index (χ3v) is 0.746. The van der Waals surface area contributed by atoms with Crippen LogP contribution in [0.2, 0.25) is 0 Å². The van der Waals surface area contributed by atoms with E-state index in [0.717, 1.165) is 6.54 Å². The molecule has 1 radical (unpaired) electrons. The molecule has 0 aromatic carbocycles. The molecule has 3 nitrogen and oxygen atoms in total. The van der Waals surface area contributed by atoms with Crippen LogP contribution in [0.25, 0.3) is 0 Å². The van der Waals surface area contributed by atoms with E-state index in [1.165, 1.54) is 6.08 Å². The number of hydrogen-bond donors (Lipinski definition) is 2. The predicted octanol–water partition coefficient (Wildman–Crippen LogP) is -0.00631. The molecule has 0 saturated heterocycles. The minimum atomic E-state index is -0.970. The number of carboxylic acids is 1. The van der Waals surface area contributed by atoms with Gasteiger partial charge >= 0.3 is 5.97 Å². The quantitative estimate of drug-likeness (QED) is 0.507. The summed E-state index contributed by atoms with van der Waals surface area (Å²) in [6.45, 7) is 4.34. The van der Waals surface area contributed by atoms with Gasteiger partial charge in [-0.25, -0.2) is 0 Å². The highest BCUT2D eigenvalue weighted by Crippen LogP contribution is 1.96. The summed E-state index contributed by atoms with van der Waals surface area (Å²) in [7, 11) is 0. The number of aliphatic carboxylic acids is 1. The first-order chi connectivity index (χ1) is 3.72. The van der Waals surface area contributed by atoms with E-state index >= 15 is 0 Å². The minimum absolute atomic E-state index is 0.713. The van der Waals surface area contributed by atoms with E-state index in [4.69, 9.17) is 10.8 Å². The van der Waals surface area contributed by atoms with Crippen molar-refractivity contribution in [1.29, 1.82) is 0 Å². The Morgan fingerprint density at radius 2 is 2.38 bits per heavy atom. The van der Waals surface area contributed by atoms with E-state index in [0.29, 0.717) is 0 Å². The van der Waals surface area contributed by atoms with E-state index in [1.54, 1.807) is 0 Å². The molecule has 0 aromatic rings. The van der Waals surface area contributed by atoms with Crippen molar-refractivity contribution in [2.75, 3.05) is 0 Å². The Hall–Kier alpha value is -0.830.